The van der Waals surface area contributed by atoms with Crippen LogP contribution in [-0.2, 0) is 4.74 Å². The summed E-state index contributed by atoms with van der Waals surface area (Å²) in [6.45, 7) is 0.940. The molecule has 0 spiro atoms. The number of methoxy groups -OCH3 is 1. The van der Waals surface area contributed by atoms with Crippen LogP contribution in [-0.4, -0.2) is 26.2 Å². The lowest BCUT2D eigenvalue weighted by molar-refractivity contribution is 0.102. The zero-order valence-corrected chi connectivity index (χ0v) is 13.4. The highest BCUT2D eigenvalue weighted by Crippen LogP contribution is 2.21. The zero-order valence-electron chi connectivity index (χ0n) is 11.9. The van der Waals surface area contributed by atoms with Gasteiger partial charge in [-0.3, -0.25) is 4.79 Å². The highest BCUT2D eigenvalue weighted by Gasteiger charge is 2.09. The van der Waals surface area contributed by atoms with Crippen LogP contribution in [0.15, 0.2) is 42.5 Å². The summed E-state index contributed by atoms with van der Waals surface area (Å²) in [7, 11) is 1.61. The van der Waals surface area contributed by atoms with Crippen molar-refractivity contribution < 1.29 is 14.3 Å². The highest BCUT2D eigenvalue weighted by atomic mass is 35.5. The largest absolute Gasteiger partial charge is 0.491 e. The number of carbonyl (C=O) groups excluding carboxylic acids is 1. The first kappa shape index (κ1) is 16.6. The van der Waals surface area contributed by atoms with Gasteiger partial charge in [0, 0.05) is 34.5 Å². The van der Waals surface area contributed by atoms with Gasteiger partial charge in [0.1, 0.15) is 12.4 Å². The van der Waals surface area contributed by atoms with Gasteiger partial charge < -0.3 is 14.8 Å². The maximum atomic E-state index is 12.2. The van der Waals surface area contributed by atoms with Gasteiger partial charge in [0.05, 0.1) is 6.61 Å². The number of benzene rings is 2. The van der Waals surface area contributed by atoms with Crippen LogP contribution in [0.5, 0.6) is 5.75 Å². The van der Waals surface area contributed by atoms with Gasteiger partial charge in [-0.1, -0.05) is 29.3 Å². The van der Waals surface area contributed by atoms with Gasteiger partial charge in [-0.2, -0.15) is 0 Å². The van der Waals surface area contributed by atoms with Crippen LogP contribution in [0.2, 0.25) is 10.0 Å². The Morgan fingerprint density at radius 2 is 1.82 bits per heavy atom. The summed E-state index contributed by atoms with van der Waals surface area (Å²) in [5, 5.41) is 3.60. The van der Waals surface area contributed by atoms with Gasteiger partial charge >= 0.3 is 0 Å². The summed E-state index contributed by atoms with van der Waals surface area (Å²) in [5.74, 6) is 0.359. The molecule has 0 aliphatic heterocycles. The van der Waals surface area contributed by atoms with Crippen LogP contribution >= 0.6 is 23.2 Å². The molecule has 1 amide bonds. The Balaban J connectivity index is 2.06. The van der Waals surface area contributed by atoms with Gasteiger partial charge in [0.2, 0.25) is 0 Å². The Labute approximate surface area is 138 Å². The molecule has 0 fully saturated rings. The topological polar surface area (TPSA) is 47.6 Å². The Morgan fingerprint density at radius 3 is 2.50 bits per heavy atom. The van der Waals surface area contributed by atoms with Crippen LogP contribution in [0.4, 0.5) is 5.69 Å². The number of amides is 1. The van der Waals surface area contributed by atoms with Gasteiger partial charge in [-0.15, -0.1) is 0 Å². The maximum Gasteiger partial charge on any atom is 0.255 e. The number of hydrogen-bond donors (Lipinski definition) is 1. The first-order valence-corrected chi connectivity index (χ1v) is 7.33. The van der Waals surface area contributed by atoms with E-state index in [2.05, 4.69) is 5.32 Å². The summed E-state index contributed by atoms with van der Waals surface area (Å²) in [5.41, 5.74) is 1.01. The molecule has 22 heavy (non-hydrogen) atoms. The molecule has 0 aliphatic rings. The van der Waals surface area contributed by atoms with Crippen LogP contribution in [0.25, 0.3) is 0 Å². The average Bonchev–Trinajstić information content (AvgIpc) is 2.47. The predicted octanol–water partition coefficient (Wildman–Crippen LogP) is 4.27. The lowest BCUT2D eigenvalue weighted by Crippen LogP contribution is -2.12. The molecule has 2 aromatic carbocycles. The van der Waals surface area contributed by atoms with E-state index in [0.717, 1.165) is 0 Å². The Bertz CT molecular complexity index is 641. The molecule has 6 heteroatoms. The van der Waals surface area contributed by atoms with Gasteiger partial charge in [-0.25, -0.2) is 0 Å². The van der Waals surface area contributed by atoms with Crippen molar-refractivity contribution in [3.8, 4) is 5.75 Å². The zero-order chi connectivity index (χ0) is 15.9. The van der Waals surface area contributed by atoms with Crippen LogP contribution in [0.3, 0.4) is 0 Å². The number of anilines is 1. The summed E-state index contributed by atoms with van der Waals surface area (Å²) in [4.78, 5) is 12.2. The van der Waals surface area contributed by atoms with Crippen molar-refractivity contribution in [3.63, 3.8) is 0 Å². The van der Waals surface area contributed by atoms with Crippen molar-refractivity contribution in [1.82, 2.24) is 0 Å². The van der Waals surface area contributed by atoms with Crippen LogP contribution in [0, 0.1) is 0 Å². The van der Waals surface area contributed by atoms with Crippen molar-refractivity contribution in [2.75, 3.05) is 25.6 Å². The van der Waals surface area contributed by atoms with Gasteiger partial charge in [-0.05, 0) is 30.3 Å². The second-order valence-electron chi connectivity index (χ2n) is 4.48. The number of halogens is 2. The Morgan fingerprint density at radius 1 is 1.09 bits per heavy atom. The molecule has 0 unspecified atom stereocenters. The fourth-order valence-corrected chi connectivity index (χ4v) is 2.32. The van der Waals surface area contributed by atoms with Crippen LogP contribution < -0.4 is 10.1 Å². The molecular formula is C16H15Cl2NO3. The van der Waals surface area contributed by atoms with Crippen molar-refractivity contribution >= 4 is 34.8 Å². The minimum Gasteiger partial charge on any atom is -0.491 e. The third-order valence-electron chi connectivity index (χ3n) is 2.77. The highest BCUT2D eigenvalue weighted by molar-refractivity contribution is 6.35. The number of nitrogens with one attached hydrogen (secondary N) is 1. The second-order valence-corrected chi connectivity index (χ2v) is 5.35. The Kier molecular flexibility index (Phi) is 6.07. The van der Waals surface area contributed by atoms with Crippen molar-refractivity contribution in [2.45, 2.75) is 0 Å². The Hall–Kier alpha value is -1.75. The molecule has 0 heterocycles. The molecule has 0 bridgehead atoms. The van der Waals surface area contributed by atoms with Crippen molar-refractivity contribution in [2.24, 2.45) is 0 Å². The number of rotatable bonds is 6. The molecule has 0 aromatic heterocycles. The van der Waals surface area contributed by atoms with E-state index in [4.69, 9.17) is 32.7 Å². The molecule has 4 nitrogen and oxygen atoms in total. The summed E-state index contributed by atoms with van der Waals surface area (Å²) in [6, 6.07) is 11.8. The molecule has 0 aliphatic carbocycles. The first-order chi connectivity index (χ1) is 10.6. The van der Waals surface area contributed by atoms with Gasteiger partial charge in [0.25, 0.3) is 5.91 Å². The smallest absolute Gasteiger partial charge is 0.255 e. The van der Waals surface area contributed by atoms with Crippen molar-refractivity contribution in [3.05, 3.63) is 58.1 Å². The van der Waals surface area contributed by atoms with E-state index in [-0.39, 0.29) is 5.91 Å². The monoisotopic (exact) mass is 339 g/mol. The van der Waals surface area contributed by atoms with E-state index in [9.17, 15) is 4.79 Å². The normalized spacial score (nSPS) is 10.3. The lowest BCUT2D eigenvalue weighted by Gasteiger charge is -2.09. The van der Waals surface area contributed by atoms with E-state index in [1.807, 2.05) is 6.07 Å². The average molecular weight is 340 g/mol. The molecular weight excluding hydrogens is 325 g/mol. The molecule has 2 rings (SSSR count). The van der Waals surface area contributed by atoms with E-state index < -0.39 is 0 Å². The number of ether oxygens (including phenoxy) is 2. The lowest BCUT2D eigenvalue weighted by atomic mass is 10.2. The third kappa shape index (κ3) is 4.91. The summed E-state index contributed by atoms with van der Waals surface area (Å²) in [6.07, 6.45) is 0. The van der Waals surface area contributed by atoms with E-state index >= 15 is 0 Å². The predicted molar refractivity (Wildman–Crippen MR) is 88.2 cm³/mol. The fourth-order valence-electron chi connectivity index (χ4n) is 1.79. The maximum absolute atomic E-state index is 12.2. The minimum atomic E-state index is -0.293. The standard InChI is InChI=1S/C16H15Cl2NO3/c1-21-5-6-22-15-4-2-3-14(10-15)19-16(20)11-7-12(17)9-13(18)8-11/h2-4,7-10H,5-6H2,1H3,(H,19,20). The number of carbonyl (C=O) groups is 1. The van der Waals surface area contributed by atoms with Crippen LogP contribution in [0.1, 0.15) is 10.4 Å². The summed E-state index contributed by atoms with van der Waals surface area (Å²) >= 11 is 11.8. The fraction of sp³-hybridized carbons (Fsp3) is 0.188. The van der Waals surface area contributed by atoms with E-state index in [0.29, 0.717) is 40.3 Å². The van der Waals surface area contributed by atoms with Gasteiger partial charge in [0.15, 0.2) is 0 Å². The minimum absolute atomic E-state index is 0.293. The third-order valence-corrected chi connectivity index (χ3v) is 3.21. The van der Waals surface area contributed by atoms with E-state index in [1.54, 1.807) is 43.5 Å². The molecule has 0 radical (unpaired) electrons. The summed E-state index contributed by atoms with van der Waals surface area (Å²) < 4.78 is 10.4. The molecule has 116 valence electrons. The number of hydrogen-bond acceptors (Lipinski definition) is 3. The molecule has 2 aromatic rings. The molecule has 0 atom stereocenters. The first-order valence-electron chi connectivity index (χ1n) is 6.58. The van der Waals surface area contributed by atoms with Crippen molar-refractivity contribution in [1.29, 1.82) is 0 Å². The molecule has 0 saturated carbocycles. The van der Waals surface area contributed by atoms with E-state index in [1.165, 1.54) is 0 Å². The molecule has 1 N–H and O–H groups in total. The molecule has 0 saturated heterocycles. The SMILES string of the molecule is COCCOc1cccc(NC(=O)c2cc(Cl)cc(Cl)c2)c1. The quantitative estimate of drug-likeness (QED) is 0.799. The second kappa shape index (κ2) is 8.03.